The van der Waals surface area contributed by atoms with Crippen molar-refractivity contribution in [3.63, 3.8) is 0 Å². The third-order valence-corrected chi connectivity index (χ3v) is 1.86. The molecule has 0 spiro atoms. The molecule has 0 saturated heterocycles. The number of halogens is 3. The number of hydrogen-bond donors (Lipinski definition) is 3. The van der Waals surface area contributed by atoms with Gasteiger partial charge in [0.1, 0.15) is 0 Å². The zero-order chi connectivity index (χ0) is 13.6. The molecule has 17 heavy (non-hydrogen) atoms. The highest BCUT2D eigenvalue weighted by atomic mass is 19.4. The molecule has 0 aliphatic rings. The van der Waals surface area contributed by atoms with Gasteiger partial charge in [-0.25, -0.2) is 9.59 Å². The fourth-order valence-corrected chi connectivity index (χ4v) is 0.841. The maximum Gasteiger partial charge on any atom is 0.390 e. The average molecular weight is 258 g/mol. The van der Waals surface area contributed by atoms with Gasteiger partial charge in [-0.2, -0.15) is 13.2 Å². The fraction of sp³-hybridized carbons (Fsp3) is 0.750. The highest BCUT2D eigenvalue weighted by Gasteiger charge is 2.28. The molecule has 0 aliphatic carbocycles. The van der Waals surface area contributed by atoms with E-state index in [2.05, 4.69) is 0 Å². The van der Waals surface area contributed by atoms with E-state index in [9.17, 15) is 22.8 Å². The number of carboxylic acid groups (broad SMARTS) is 1. The number of aliphatic hydroxyl groups excluding tert-OH is 1. The Labute approximate surface area is 95.0 Å². The second kappa shape index (κ2) is 6.28. The molecule has 6 nitrogen and oxygen atoms in total. The van der Waals surface area contributed by atoms with Crippen LogP contribution < -0.4 is 5.32 Å². The molecule has 3 N–H and O–H groups in total. The Morgan fingerprint density at radius 2 is 1.94 bits per heavy atom. The van der Waals surface area contributed by atoms with Gasteiger partial charge in [0.25, 0.3) is 0 Å². The van der Waals surface area contributed by atoms with Gasteiger partial charge in [0.15, 0.2) is 6.04 Å². The number of alkyl halides is 3. The molecular weight excluding hydrogens is 245 g/mol. The lowest BCUT2D eigenvalue weighted by molar-refractivity contribution is -0.141. The van der Waals surface area contributed by atoms with Crippen LogP contribution in [0, 0.1) is 0 Å². The SMILES string of the molecule is CN(CCC(F)(F)F)C(=O)NC(CO)C(=O)O. The van der Waals surface area contributed by atoms with Crippen LogP contribution in [0.2, 0.25) is 0 Å². The van der Waals surface area contributed by atoms with Crippen molar-refractivity contribution in [1.82, 2.24) is 10.2 Å². The van der Waals surface area contributed by atoms with Gasteiger partial charge in [-0.1, -0.05) is 0 Å². The Morgan fingerprint density at radius 1 is 1.41 bits per heavy atom. The molecule has 9 heteroatoms. The van der Waals surface area contributed by atoms with Crippen LogP contribution in [0.25, 0.3) is 0 Å². The van der Waals surface area contributed by atoms with Gasteiger partial charge in [0.2, 0.25) is 0 Å². The fourth-order valence-electron chi connectivity index (χ4n) is 0.841. The standard InChI is InChI=1S/C8H13F3N2O4/c1-13(3-2-8(9,10)11)7(17)12-5(4-14)6(15)16/h5,14H,2-4H2,1H3,(H,12,17)(H,15,16). The van der Waals surface area contributed by atoms with Crippen LogP contribution in [0.1, 0.15) is 6.42 Å². The van der Waals surface area contributed by atoms with Gasteiger partial charge in [-0.05, 0) is 0 Å². The predicted octanol–water partition coefficient (Wildman–Crippen LogP) is 0.0257. The van der Waals surface area contributed by atoms with E-state index in [1.807, 2.05) is 5.32 Å². The van der Waals surface area contributed by atoms with Gasteiger partial charge in [0, 0.05) is 13.6 Å². The summed E-state index contributed by atoms with van der Waals surface area (Å²) in [5.41, 5.74) is 0. The third kappa shape index (κ3) is 6.61. The second-order valence-corrected chi connectivity index (χ2v) is 3.31. The van der Waals surface area contributed by atoms with Crippen LogP contribution in [-0.4, -0.2) is 59.5 Å². The minimum absolute atomic E-state index is 0.590. The lowest BCUT2D eigenvalue weighted by Crippen LogP contribution is -2.48. The maximum absolute atomic E-state index is 11.8. The Balaban J connectivity index is 4.18. The number of rotatable bonds is 5. The monoisotopic (exact) mass is 258 g/mol. The lowest BCUT2D eigenvalue weighted by Gasteiger charge is -2.20. The summed E-state index contributed by atoms with van der Waals surface area (Å²) >= 11 is 0. The zero-order valence-electron chi connectivity index (χ0n) is 8.99. The van der Waals surface area contributed by atoms with Crippen LogP contribution in [-0.2, 0) is 4.79 Å². The van der Waals surface area contributed by atoms with E-state index in [4.69, 9.17) is 10.2 Å². The van der Waals surface area contributed by atoms with E-state index >= 15 is 0 Å². The Hall–Kier alpha value is -1.51. The Morgan fingerprint density at radius 3 is 2.29 bits per heavy atom. The number of carboxylic acids is 1. The number of carbonyl (C=O) groups excluding carboxylic acids is 1. The van der Waals surface area contributed by atoms with Crippen molar-refractivity contribution in [3.8, 4) is 0 Å². The smallest absolute Gasteiger partial charge is 0.390 e. The first kappa shape index (κ1) is 15.5. The summed E-state index contributed by atoms with van der Waals surface area (Å²) in [7, 11) is 1.09. The number of amides is 2. The molecule has 0 heterocycles. The van der Waals surface area contributed by atoms with E-state index in [0.29, 0.717) is 4.90 Å². The van der Waals surface area contributed by atoms with Crippen molar-refractivity contribution < 1.29 is 33.0 Å². The predicted molar refractivity (Wildman–Crippen MR) is 50.3 cm³/mol. The zero-order valence-corrected chi connectivity index (χ0v) is 8.99. The van der Waals surface area contributed by atoms with Crippen LogP contribution >= 0.6 is 0 Å². The highest BCUT2D eigenvalue weighted by molar-refractivity contribution is 5.82. The van der Waals surface area contributed by atoms with Crippen molar-refractivity contribution >= 4 is 12.0 Å². The largest absolute Gasteiger partial charge is 0.480 e. The summed E-state index contributed by atoms with van der Waals surface area (Å²) in [6.45, 7) is -1.43. The van der Waals surface area contributed by atoms with Crippen molar-refractivity contribution in [2.75, 3.05) is 20.2 Å². The van der Waals surface area contributed by atoms with E-state index in [1.165, 1.54) is 0 Å². The van der Waals surface area contributed by atoms with Crippen LogP contribution in [0.4, 0.5) is 18.0 Å². The first-order valence-electron chi connectivity index (χ1n) is 4.59. The number of nitrogens with zero attached hydrogens (tertiary/aromatic N) is 1. The first-order valence-corrected chi connectivity index (χ1v) is 4.59. The van der Waals surface area contributed by atoms with Crippen molar-refractivity contribution in [2.24, 2.45) is 0 Å². The third-order valence-electron chi connectivity index (χ3n) is 1.86. The Bertz CT molecular complexity index is 282. The molecule has 0 fully saturated rings. The summed E-state index contributed by atoms with van der Waals surface area (Å²) in [6.07, 6.45) is -5.58. The molecule has 0 rings (SSSR count). The molecular formula is C8H13F3N2O4. The number of carbonyl (C=O) groups is 2. The molecule has 0 aromatic heterocycles. The first-order chi connectivity index (χ1) is 7.67. The number of urea groups is 1. The number of aliphatic hydroxyl groups is 1. The van der Waals surface area contributed by atoms with E-state index in [1.54, 1.807) is 0 Å². The van der Waals surface area contributed by atoms with E-state index in [0.717, 1.165) is 7.05 Å². The van der Waals surface area contributed by atoms with E-state index in [-0.39, 0.29) is 0 Å². The summed E-state index contributed by atoms with van der Waals surface area (Å²) in [5, 5.41) is 19.0. The number of aliphatic carboxylic acids is 1. The molecule has 1 atom stereocenters. The van der Waals surface area contributed by atoms with Crippen molar-refractivity contribution in [2.45, 2.75) is 18.6 Å². The topological polar surface area (TPSA) is 89.9 Å². The maximum atomic E-state index is 11.8. The molecule has 0 bridgehead atoms. The number of hydrogen-bond acceptors (Lipinski definition) is 3. The molecule has 0 aliphatic heterocycles. The van der Waals surface area contributed by atoms with Gasteiger partial charge in [-0.15, -0.1) is 0 Å². The minimum Gasteiger partial charge on any atom is -0.480 e. The molecule has 0 aromatic rings. The van der Waals surface area contributed by atoms with Crippen molar-refractivity contribution in [1.29, 1.82) is 0 Å². The van der Waals surface area contributed by atoms with Crippen molar-refractivity contribution in [3.05, 3.63) is 0 Å². The Kier molecular flexibility index (Phi) is 5.72. The minimum atomic E-state index is -4.39. The van der Waals surface area contributed by atoms with Gasteiger partial charge in [0.05, 0.1) is 13.0 Å². The lowest BCUT2D eigenvalue weighted by atomic mass is 10.3. The summed E-state index contributed by atoms with van der Waals surface area (Å²) in [4.78, 5) is 22.3. The highest BCUT2D eigenvalue weighted by Crippen LogP contribution is 2.19. The summed E-state index contributed by atoms with van der Waals surface area (Å²) < 4.78 is 35.5. The quantitative estimate of drug-likeness (QED) is 0.648. The molecule has 0 saturated carbocycles. The van der Waals surface area contributed by atoms with Crippen LogP contribution in [0.5, 0.6) is 0 Å². The summed E-state index contributed by atoms with van der Waals surface area (Å²) in [5.74, 6) is -1.47. The molecule has 2 amide bonds. The van der Waals surface area contributed by atoms with E-state index < -0.39 is 43.8 Å². The van der Waals surface area contributed by atoms with Gasteiger partial charge < -0.3 is 20.4 Å². The molecule has 0 radical (unpaired) electrons. The molecule has 1 unspecified atom stereocenters. The van der Waals surface area contributed by atoms with Gasteiger partial charge in [-0.3, -0.25) is 0 Å². The normalized spacial score (nSPS) is 13.0. The van der Waals surface area contributed by atoms with Crippen LogP contribution in [0.15, 0.2) is 0 Å². The number of nitrogens with one attached hydrogen (secondary N) is 1. The molecule has 100 valence electrons. The van der Waals surface area contributed by atoms with Gasteiger partial charge >= 0.3 is 18.2 Å². The average Bonchev–Trinajstić information content (AvgIpc) is 2.20. The summed E-state index contributed by atoms with van der Waals surface area (Å²) in [6, 6.07) is -2.52. The van der Waals surface area contributed by atoms with Crippen LogP contribution in [0.3, 0.4) is 0 Å². The molecule has 0 aromatic carbocycles. The second-order valence-electron chi connectivity index (χ2n) is 3.31.